The summed E-state index contributed by atoms with van der Waals surface area (Å²) < 4.78 is 0. The standard InChI is InChI=1S/C8H11N.C8H6O4/c1-7(9)8-5-3-2-4-6-8;9-7(10)5-3-1-2-4-6(5)8(11)12/h2-7H,9H2,1H3;1-4H,(H,9,10)(H,11,12)/t7-;/m0./s1. The first-order valence-electron chi connectivity index (χ1n) is 6.29. The van der Waals surface area contributed by atoms with E-state index < -0.39 is 11.9 Å². The van der Waals surface area contributed by atoms with Crippen molar-refractivity contribution in [1.29, 1.82) is 0 Å². The largest absolute Gasteiger partial charge is 0.478 e. The first-order valence-corrected chi connectivity index (χ1v) is 6.29. The molecule has 0 saturated carbocycles. The van der Waals surface area contributed by atoms with E-state index in [2.05, 4.69) is 0 Å². The molecule has 0 fully saturated rings. The molecule has 5 heteroatoms. The van der Waals surface area contributed by atoms with E-state index in [1.807, 2.05) is 37.3 Å². The lowest BCUT2D eigenvalue weighted by molar-refractivity contribution is 0.0651. The minimum absolute atomic E-state index is 0.159. The smallest absolute Gasteiger partial charge is 0.336 e. The van der Waals surface area contributed by atoms with Gasteiger partial charge in [0.25, 0.3) is 0 Å². The molecule has 0 bridgehead atoms. The number of carbonyl (C=O) groups is 2. The van der Waals surface area contributed by atoms with E-state index in [-0.39, 0.29) is 17.2 Å². The Morgan fingerprint density at radius 2 is 1.24 bits per heavy atom. The second-order valence-electron chi connectivity index (χ2n) is 4.36. The fraction of sp³-hybridized carbons (Fsp3) is 0.125. The number of rotatable bonds is 3. The van der Waals surface area contributed by atoms with Crippen molar-refractivity contribution in [2.75, 3.05) is 0 Å². The Morgan fingerprint density at radius 3 is 1.52 bits per heavy atom. The summed E-state index contributed by atoms with van der Waals surface area (Å²) in [5, 5.41) is 17.1. The van der Waals surface area contributed by atoms with Crippen molar-refractivity contribution in [2.24, 2.45) is 5.73 Å². The van der Waals surface area contributed by atoms with E-state index in [1.165, 1.54) is 29.8 Å². The SMILES string of the molecule is C[C@H](N)c1ccccc1.O=C(O)c1ccccc1C(=O)O. The van der Waals surface area contributed by atoms with E-state index in [9.17, 15) is 9.59 Å². The molecule has 0 radical (unpaired) electrons. The Balaban J connectivity index is 0.000000219. The lowest BCUT2D eigenvalue weighted by Gasteiger charge is -2.02. The van der Waals surface area contributed by atoms with Crippen LogP contribution in [0.25, 0.3) is 0 Å². The quantitative estimate of drug-likeness (QED) is 0.805. The van der Waals surface area contributed by atoms with Gasteiger partial charge in [0.15, 0.2) is 0 Å². The molecule has 5 nitrogen and oxygen atoms in total. The Morgan fingerprint density at radius 1 is 0.857 bits per heavy atom. The maximum absolute atomic E-state index is 10.5. The number of carboxylic acid groups (broad SMARTS) is 2. The molecule has 0 saturated heterocycles. The van der Waals surface area contributed by atoms with E-state index >= 15 is 0 Å². The van der Waals surface area contributed by atoms with Gasteiger partial charge < -0.3 is 15.9 Å². The van der Waals surface area contributed by atoms with Crippen molar-refractivity contribution < 1.29 is 19.8 Å². The fourth-order valence-electron chi connectivity index (χ4n) is 1.61. The van der Waals surface area contributed by atoms with Crippen molar-refractivity contribution in [3.63, 3.8) is 0 Å². The summed E-state index contributed by atoms with van der Waals surface area (Å²) in [4.78, 5) is 20.9. The lowest BCUT2D eigenvalue weighted by atomic mass is 10.1. The van der Waals surface area contributed by atoms with Gasteiger partial charge in [-0.2, -0.15) is 0 Å². The predicted molar refractivity (Wildman–Crippen MR) is 79.4 cm³/mol. The van der Waals surface area contributed by atoms with Gasteiger partial charge in [0.2, 0.25) is 0 Å². The molecule has 0 spiro atoms. The lowest BCUT2D eigenvalue weighted by Crippen LogP contribution is -2.06. The Hall–Kier alpha value is -2.66. The average molecular weight is 287 g/mol. The minimum atomic E-state index is -1.23. The molecular formula is C16H17NO4. The molecule has 2 aromatic carbocycles. The molecule has 21 heavy (non-hydrogen) atoms. The van der Waals surface area contributed by atoms with Crippen molar-refractivity contribution in [3.05, 3.63) is 71.3 Å². The van der Waals surface area contributed by atoms with E-state index in [0.717, 1.165) is 0 Å². The zero-order valence-corrected chi connectivity index (χ0v) is 11.6. The highest BCUT2D eigenvalue weighted by Gasteiger charge is 2.13. The topological polar surface area (TPSA) is 101 Å². The molecular weight excluding hydrogens is 270 g/mol. The average Bonchev–Trinajstić information content (AvgIpc) is 2.48. The summed E-state index contributed by atoms with van der Waals surface area (Å²) >= 11 is 0. The monoisotopic (exact) mass is 287 g/mol. The second kappa shape index (κ2) is 7.81. The van der Waals surface area contributed by atoms with Gasteiger partial charge in [0, 0.05) is 6.04 Å². The molecule has 2 rings (SSSR count). The number of nitrogens with two attached hydrogens (primary N) is 1. The van der Waals surface area contributed by atoms with Crippen LogP contribution in [0.5, 0.6) is 0 Å². The van der Waals surface area contributed by atoms with E-state index in [1.54, 1.807) is 0 Å². The summed E-state index contributed by atoms with van der Waals surface area (Å²) in [5.41, 5.74) is 6.43. The molecule has 0 amide bonds. The molecule has 2 aromatic rings. The summed E-state index contributed by atoms with van der Waals surface area (Å²) in [6, 6.07) is 15.7. The van der Waals surface area contributed by atoms with Crippen molar-refractivity contribution in [1.82, 2.24) is 0 Å². The Bertz CT molecular complexity index is 576. The number of carboxylic acids is 2. The minimum Gasteiger partial charge on any atom is -0.478 e. The van der Waals surface area contributed by atoms with Crippen LogP contribution in [0.4, 0.5) is 0 Å². The van der Waals surface area contributed by atoms with Gasteiger partial charge in [-0.05, 0) is 24.6 Å². The van der Waals surface area contributed by atoms with Crippen LogP contribution < -0.4 is 5.73 Å². The molecule has 1 atom stereocenters. The maximum atomic E-state index is 10.5. The molecule has 0 aromatic heterocycles. The van der Waals surface area contributed by atoms with Crippen molar-refractivity contribution in [2.45, 2.75) is 13.0 Å². The fourth-order valence-corrected chi connectivity index (χ4v) is 1.61. The third kappa shape index (κ3) is 5.08. The highest BCUT2D eigenvalue weighted by atomic mass is 16.4. The number of aromatic carboxylic acids is 2. The van der Waals surface area contributed by atoms with E-state index in [0.29, 0.717) is 0 Å². The van der Waals surface area contributed by atoms with Crippen molar-refractivity contribution in [3.8, 4) is 0 Å². The van der Waals surface area contributed by atoms with Gasteiger partial charge >= 0.3 is 11.9 Å². The molecule has 0 unspecified atom stereocenters. The molecule has 0 aliphatic carbocycles. The van der Waals surface area contributed by atoms with Gasteiger partial charge in [-0.15, -0.1) is 0 Å². The summed E-state index contributed by atoms with van der Waals surface area (Å²) in [5.74, 6) is -2.46. The molecule has 0 aliphatic heterocycles. The summed E-state index contributed by atoms with van der Waals surface area (Å²) in [6.07, 6.45) is 0. The van der Waals surface area contributed by atoms with Gasteiger partial charge in [-0.25, -0.2) is 9.59 Å². The normalized spacial score (nSPS) is 11.0. The number of benzene rings is 2. The van der Waals surface area contributed by atoms with Crippen molar-refractivity contribution >= 4 is 11.9 Å². The highest BCUT2D eigenvalue weighted by molar-refractivity contribution is 6.01. The summed E-state index contributed by atoms with van der Waals surface area (Å²) in [7, 11) is 0. The second-order valence-corrected chi connectivity index (χ2v) is 4.36. The van der Waals surface area contributed by atoms with Crippen LogP contribution in [0.3, 0.4) is 0 Å². The maximum Gasteiger partial charge on any atom is 0.336 e. The van der Waals surface area contributed by atoms with Crippen LogP contribution in [-0.2, 0) is 0 Å². The molecule has 4 N–H and O–H groups in total. The van der Waals surface area contributed by atoms with Gasteiger partial charge in [-0.1, -0.05) is 42.5 Å². The Kier molecular flexibility index (Phi) is 6.10. The van der Waals surface area contributed by atoms with Gasteiger partial charge in [0.05, 0.1) is 11.1 Å². The third-order valence-electron chi connectivity index (χ3n) is 2.71. The number of hydrogen-bond acceptors (Lipinski definition) is 3. The van der Waals surface area contributed by atoms with Crippen LogP contribution in [0.1, 0.15) is 39.2 Å². The zero-order chi connectivity index (χ0) is 15.8. The first-order chi connectivity index (χ1) is 9.93. The van der Waals surface area contributed by atoms with E-state index in [4.69, 9.17) is 15.9 Å². The van der Waals surface area contributed by atoms with Gasteiger partial charge in [-0.3, -0.25) is 0 Å². The first kappa shape index (κ1) is 16.4. The highest BCUT2D eigenvalue weighted by Crippen LogP contribution is 2.08. The predicted octanol–water partition coefficient (Wildman–Crippen LogP) is 2.79. The van der Waals surface area contributed by atoms with Crippen LogP contribution in [0, 0.1) is 0 Å². The van der Waals surface area contributed by atoms with Crippen LogP contribution >= 0.6 is 0 Å². The zero-order valence-electron chi connectivity index (χ0n) is 11.6. The van der Waals surface area contributed by atoms with Crippen LogP contribution in [0.15, 0.2) is 54.6 Å². The number of hydrogen-bond donors (Lipinski definition) is 3. The van der Waals surface area contributed by atoms with Gasteiger partial charge in [0.1, 0.15) is 0 Å². The third-order valence-corrected chi connectivity index (χ3v) is 2.71. The van der Waals surface area contributed by atoms with Crippen LogP contribution in [-0.4, -0.2) is 22.2 Å². The Labute approximate surface area is 122 Å². The molecule has 0 heterocycles. The van der Waals surface area contributed by atoms with Crippen LogP contribution in [0.2, 0.25) is 0 Å². The molecule has 0 aliphatic rings. The summed E-state index contributed by atoms with van der Waals surface area (Å²) in [6.45, 7) is 1.98. The molecule has 110 valence electrons.